The van der Waals surface area contributed by atoms with Crippen molar-refractivity contribution in [2.45, 2.75) is 52.6 Å². The van der Waals surface area contributed by atoms with Crippen LogP contribution in [-0.4, -0.2) is 31.3 Å². The van der Waals surface area contributed by atoms with E-state index in [0.717, 1.165) is 48.2 Å². The molecule has 1 rings (SSSR count). The molecule has 4 nitrogen and oxygen atoms in total. The first-order valence-corrected chi connectivity index (χ1v) is 9.26. The molecule has 24 heavy (non-hydrogen) atoms. The van der Waals surface area contributed by atoms with Crippen molar-refractivity contribution in [2.75, 3.05) is 13.9 Å². The van der Waals surface area contributed by atoms with Gasteiger partial charge in [-0.2, -0.15) is 0 Å². The monoisotopic (exact) mass is 351 g/mol. The molecular weight excluding hydrogens is 322 g/mol. The Balaban J connectivity index is 2.52. The highest BCUT2D eigenvalue weighted by molar-refractivity contribution is 7.09. The molecule has 0 N–H and O–H groups in total. The van der Waals surface area contributed by atoms with E-state index in [0.29, 0.717) is 0 Å². The summed E-state index contributed by atoms with van der Waals surface area (Å²) >= 11 is 1.65. The zero-order valence-electron chi connectivity index (χ0n) is 15.2. The van der Waals surface area contributed by atoms with E-state index < -0.39 is 0 Å². The highest BCUT2D eigenvalue weighted by Crippen LogP contribution is 2.18. The number of rotatable bonds is 12. The van der Waals surface area contributed by atoms with Crippen LogP contribution in [0.4, 0.5) is 0 Å². The van der Waals surface area contributed by atoms with Crippen molar-refractivity contribution in [1.82, 2.24) is 4.98 Å². The molecule has 2 atom stereocenters. The Hall–Kier alpha value is -1.30. The van der Waals surface area contributed by atoms with E-state index in [2.05, 4.69) is 35.5 Å². The average molecular weight is 352 g/mol. The van der Waals surface area contributed by atoms with Gasteiger partial charge in [0, 0.05) is 18.4 Å². The number of aldehydes is 1. The molecule has 0 aromatic carbocycles. The van der Waals surface area contributed by atoms with Crippen molar-refractivity contribution in [3.05, 3.63) is 33.8 Å². The molecule has 0 radical (unpaired) electrons. The normalized spacial score (nSPS) is 14.9. The number of unbranched alkanes of at least 4 members (excludes halogenated alkanes) is 1. The van der Waals surface area contributed by atoms with Gasteiger partial charge in [0.15, 0.2) is 0 Å². The number of carbonyl (C=O) groups excluding carboxylic acids is 1. The van der Waals surface area contributed by atoms with Crippen LogP contribution >= 0.6 is 11.3 Å². The molecule has 1 aromatic heterocycles. The van der Waals surface area contributed by atoms with Gasteiger partial charge in [0.1, 0.15) is 13.1 Å². The van der Waals surface area contributed by atoms with Crippen LogP contribution in [0.5, 0.6) is 0 Å². The number of allylic oxidation sites excluding steroid dienone is 1. The molecule has 0 aliphatic carbocycles. The number of hydrogen-bond donors (Lipinski definition) is 0. The molecular formula is C19H29NO3S. The summed E-state index contributed by atoms with van der Waals surface area (Å²) in [7, 11) is 1.63. The first-order valence-electron chi connectivity index (χ1n) is 8.38. The van der Waals surface area contributed by atoms with E-state index in [1.165, 1.54) is 0 Å². The van der Waals surface area contributed by atoms with Crippen LogP contribution in [0.15, 0.2) is 23.1 Å². The number of aromatic nitrogens is 1. The molecule has 5 heteroatoms. The Bertz CT molecular complexity index is 536. The number of carbonyl (C=O) groups is 1. The van der Waals surface area contributed by atoms with Crippen LogP contribution in [-0.2, 0) is 14.3 Å². The summed E-state index contributed by atoms with van der Waals surface area (Å²) in [5, 5.41) is 3.11. The van der Waals surface area contributed by atoms with Gasteiger partial charge in [-0.1, -0.05) is 19.1 Å². The van der Waals surface area contributed by atoms with Crippen LogP contribution in [0.25, 0.3) is 6.08 Å². The fourth-order valence-corrected chi connectivity index (χ4v) is 2.84. The summed E-state index contributed by atoms with van der Waals surface area (Å²) in [6.45, 7) is 6.30. The lowest BCUT2D eigenvalue weighted by molar-refractivity contribution is -0.110. The zero-order chi connectivity index (χ0) is 17.8. The second-order valence-corrected chi connectivity index (χ2v) is 7.06. The number of ether oxygens (including phenoxy) is 2. The lowest BCUT2D eigenvalue weighted by atomic mass is 10.0. The van der Waals surface area contributed by atoms with Crippen molar-refractivity contribution in [2.24, 2.45) is 5.92 Å². The Morgan fingerprint density at radius 2 is 2.21 bits per heavy atom. The zero-order valence-corrected chi connectivity index (χ0v) is 16.0. The predicted octanol–water partition coefficient (Wildman–Crippen LogP) is 4.80. The molecule has 0 saturated heterocycles. The Morgan fingerprint density at radius 1 is 1.42 bits per heavy atom. The fourth-order valence-electron chi connectivity index (χ4n) is 2.27. The predicted molar refractivity (Wildman–Crippen MR) is 100 cm³/mol. The third kappa shape index (κ3) is 8.52. The molecule has 0 spiro atoms. The summed E-state index contributed by atoms with van der Waals surface area (Å²) < 4.78 is 10.8. The Labute approximate surface area is 149 Å². The first-order chi connectivity index (χ1) is 11.6. The van der Waals surface area contributed by atoms with Gasteiger partial charge in [0.05, 0.1) is 16.8 Å². The van der Waals surface area contributed by atoms with Gasteiger partial charge >= 0.3 is 0 Å². The van der Waals surface area contributed by atoms with Gasteiger partial charge in [-0.3, -0.25) is 0 Å². The van der Waals surface area contributed by atoms with Crippen molar-refractivity contribution >= 4 is 23.7 Å². The first kappa shape index (κ1) is 20.7. The van der Waals surface area contributed by atoms with Crippen LogP contribution in [0.1, 0.15) is 50.2 Å². The van der Waals surface area contributed by atoms with E-state index in [1.807, 2.05) is 13.8 Å². The maximum absolute atomic E-state index is 10.6. The highest BCUT2D eigenvalue weighted by atomic mass is 32.1. The third-order valence-corrected chi connectivity index (χ3v) is 4.48. The lowest BCUT2D eigenvalue weighted by Gasteiger charge is -2.16. The lowest BCUT2D eigenvalue weighted by Crippen LogP contribution is -2.15. The Kier molecular flexibility index (Phi) is 10.5. The molecule has 1 heterocycles. The van der Waals surface area contributed by atoms with Crippen molar-refractivity contribution < 1.29 is 14.3 Å². The largest absolute Gasteiger partial charge is 0.359 e. The number of hydrogen-bond acceptors (Lipinski definition) is 5. The summed E-state index contributed by atoms with van der Waals surface area (Å²) in [5.41, 5.74) is 2.12. The molecule has 0 bridgehead atoms. The van der Waals surface area contributed by atoms with Crippen molar-refractivity contribution in [1.29, 1.82) is 0 Å². The number of nitrogens with zero attached hydrogens (tertiary/aromatic N) is 1. The van der Waals surface area contributed by atoms with E-state index in [9.17, 15) is 4.79 Å². The number of aryl methyl sites for hydroxylation is 1. The quantitative estimate of drug-likeness (QED) is 0.235. The van der Waals surface area contributed by atoms with E-state index in [-0.39, 0.29) is 18.8 Å². The molecule has 1 aromatic rings. The van der Waals surface area contributed by atoms with Crippen LogP contribution < -0.4 is 0 Å². The molecule has 0 aliphatic heterocycles. The molecule has 134 valence electrons. The van der Waals surface area contributed by atoms with Crippen LogP contribution in [0, 0.1) is 12.8 Å². The maximum Gasteiger partial charge on any atom is 0.147 e. The fraction of sp³-hybridized carbons (Fsp3) is 0.579. The minimum Gasteiger partial charge on any atom is -0.359 e. The summed E-state index contributed by atoms with van der Waals surface area (Å²) in [4.78, 5) is 15.1. The standard InChI is InChI=1S/C19H29NO3S/c1-15(12-21)9-7-5-6-8-10-19(23-14-22-4)16(2)11-18-13-24-17(3)20-18/h6,8,11-13,15,19H,5,7,9-10,14H2,1-4H3/b8-6-,16-11+/t15-,19-/m0/s1. The Morgan fingerprint density at radius 3 is 2.83 bits per heavy atom. The van der Waals surface area contributed by atoms with Gasteiger partial charge in [-0.15, -0.1) is 11.3 Å². The van der Waals surface area contributed by atoms with Crippen LogP contribution in [0.3, 0.4) is 0 Å². The summed E-state index contributed by atoms with van der Waals surface area (Å²) in [5.74, 6) is 0.155. The third-order valence-electron chi connectivity index (χ3n) is 3.69. The molecule has 0 aliphatic rings. The number of methoxy groups -OCH3 is 1. The van der Waals surface area contributed by atoms with Crippen molar-refractivity contribution in [3.63, 3.8) is 0 Å². The second kappa shape index (κ2) is 12.1. The molecule has 0 fully saturated rings. The minimum atomic E-state index is -0.0166. The van der Waals surface area contributed by atoms with E-state index >= 15 is 0 Å². The van der Waals surface area contributed by atoms with Gasteiger partial charge < -0.3 is 14.3 Å². The minimum absolute atomic E-state index is 0.0166. The SMILES string of the molecule is COCO[C@@H](C/C=C\CCC[C@H](C)C=O)/C(C)=C/c1csc(C)n1. The van der Waals surface area contributed by atoms with E-state index in [4.69, 9.17) is 9.47 Å². The maximum atomic E-state index is 10.6. The second-order valence-electron chi connectivity index (χ2n) is 5.99. The van der Waals surface area contributed by atoms with E-state index in [1.54, 1.807) is 18.4 Å². The number of thiazole rings is 1. The molecule has 0 amide bonds. The topological polar surface area (TPSA) is 48.4 Å². The summed E-state index contributed by atoms with van der Waals surface area (Å²) in [6.07, 6.45) is 11.2. The smallest absolute Gasteiger partial charge is 0.147 e. The molecule has 0 saturated carbocycles. The van der Waals surface area contributed by atoms with Gasteiger partial charge in [0.25, 0.3) is 0 Å². The van der Waals surface area contributed by atoms with Gasteiger partial charge in [-0.25, -0.2) is 4.98 Å². The summed E-state index contributed by atoms with van der Waals surface area (Å²) in [6, 6.07) is 0. The molecule has 0 unspecified atom stereocenters. The van der Waals surface area contributed by atoms with Crippen molar-refractivity contribution in [3.8, 4) is 0 Å². The van der Waals surface area contributed by atoms with Gasteiger partial charge in [-0.05, 0) is 51.2 Å². The van der Waals surface area contributed by atoms with Gasteiger partial charge in [0.2, 0.25) is 0 Å². The van der Waals surface area contributed by atoms with Crippen LogP contribution in [0.2, 0.25) is 0 Å². The average Bonchev–Trinajstić information content (AvgIpc) is 2.97. The highest BCUT2D eigenvalue weighted by Gasteiger charge is 2.10.